The predicted octanol–water partition coefficient (Wildman–Crippen LogP) is 1.83. The van der Waals surface area contributed by atoms with Crippen molar-refractivity contribution in [2.45, 2.75) is 32.7 Å². The predicted molar refractivity (Wildman–Crippen MR) is 70.9 cm³/mol. The Morgan fingerprint density at radius 2 is 2.24 bits per heavy atom. The summed E-state index contributed by atoms with van der Waals surface area (Å²) in [7, 11) is 0. The molecule has 1 rings (SSSR count). The van der Waals surface area contributed by atoms with E-state index in [0.29, 0.717) is 16.4 Å². The Balaban J connectivity index is 0.00000256. The molecule has 5 nitrogen and oxygen atoms in total. The number of aromatic nitrogens is 1. The molecule has 0 saturated carbocycles. The van der Waals surface area contributed by atoms with Crippen LogP contribution in [0.1, 0.15) is 36.4 Å². The lowest BCUT2D eigenvalue weighted by Crippen LogP contribution is -2.35. The molecule has 1 atom stereocenters. The Hall–Kier alpha value is -0.980. The molecule has 1 aromatic heterocycles. The van der Waals surface area contributed by atoms with Crippen LogP contribution in [-0.2, 0) is 4.79 Å². The van der Waals surface area contributed by atoms with Gasteiger partial charge in [0.05, 0.1) is 17.1 Å². The van der Waals surface area contributed by atoms with Crippen molar-refractivity contribution in [3.8, 4) is 0 Å². The van der Waals surface area contributed by atoms with Crippen LogP contribution in [0.4, 0.5) is 5.13 Å². The lowest BCUT2D eigenvalue weighted by molar-refractivity contribution is -0.117. The molecule has 96 valence electrons. The van der Waals surface area contributed by atoms with Crippen molar-refractivity contribution in [3.05, 3.63) is 11.1 Å². The summed E-state index contributed by atoms with van der Waals surface area (Å²) >= 11 is 1.16. The molecular formula is C10H16ClN3O2S. The normalized spacial score (nSPS) is 11.5. The molecular weight excluding hydrogens is 262 g/mol. The molecule has 17 heavy (non-hydrogen) atoms. The van der Waals surface area contributed by atoms with E-state index in [1.54, 1.807) is 0 Å². The van der Waals surface area contributed by atoms with Crippen LogP contribution in [0.5, 0.6) is 0 Å². The third-order valence-corrected chi connectivity index (χ3v) is 3.03. The van der Waals surface area contributed by atoms with Crippen LogP contribution in [0.2, 0.25) is 0 Å². The molecule has 0 radical (unpaired) electrons. The molecule has 0 saturated heterocycles. The van der Waals surface area contributed by atoms with Gasteiger partial charge in [-0.3, -0.25) is 9.59 Å². The maximum atomic E-state index is 11.5. The maximum Gasteiger partial charge on any atom is 0.243 e. The Bertz CT molecular complexity index is 395. The van der Waals surface area contributed by atoms with Gasteiger partial charge in [-0.25, -0.2) is 4.98 Å². The molecule has 0 aliphatic carbocycles. The third kappa shape index (κ3) is 4.80. The number of nitrogens with two attached hydrogens (primary N) is 1. The molecule has 0 bridgehead atoms. The summed E-state index contributed by atoms with van der Waals surface area (Å²) in [5.74, 6) is -0.317. The molecule has 0 aliphatic rings. The number of ketones is 1. The van der Waals surface area contributed by atoms with Gasteiger partial charge < -0.3 is 11.1 Å². The summed E-state index contributed by atoms with van der Waals surface area (Å²) < 4.78 is 0. The molecule has 0 aliphatic heterocycles. The van der Waals surface area contributed by atoms with Gasteiger partial charge >= 0.3 is 0 Å². The van der Waals surface area contributed by atoms with E-state index in [-0.39, 0.29) is 24.1 Å². The van der Waals surface area contributed by atoms with Crippen LogP contribution < -0.4 is 11.1 Å². The lowest BCUT2D eigenvalue weighted by atomic mass is 10.2. The first-order chi connectivity index (χ1) is 7.54. The number of hydrogen-bond acceptors (Lipinski definition) is 5. The first-order valence-corrected chi connectivity index (χ1v) is 5.89. The first kappa shape index (κ1) is 16.0. The van der Waals surface area contributed by atoms with Gasteiger partial charge in [0.15, 0.2) is 10.9 Å². The van der Waals surface area contributed by atoms with Gasteiger partial charge in [-0.05, 0) is 6.42 Å². The number of nitrogens with zero attached hydrogens (tertiary/aromatic N) is 1. The average Bonchev–Trinajstić information content (AvgIpc) is 2.66. The fourth-order valence-electron chi connectivity index (χ4n) is 1.13. The second kappa shape index (κ2) is 7.37. The number of Topliss-reactive ketones (excluding diaryl/α,β-unsaturated/α-hetero) is 1. The largest absolute Gasteiger partial charge is 0.320 e. The zero-order valence-electron chi connectivity index (χ0n) is 9.73. The van der Waals surface area contributed by atoms with Crippen LogP contribution in [0.25, 0.3) is 0 Å². The van der Waals surface area contributed by atoms with Gasteiger partial charge in [0.1, 0.15) is 0 Å². The van der Waals surface area contributed by atoms with Crippen LogP contribution in [0, 0.1) is 0 Å². The van der Waals surface area contributed by atoms with Crippen molar-refractivity contribution in [2.24, 2.45) is 5.73 Å². The van der Waals surface area contributed by atoms with Crippen molar-refractivity contribution in [1.29, 1.82) is 0 Å². The van der Waals surface area contributed by atoms with Crippen molar-refractivity contribution >= 4 is 40.6 Å². The standard InChI is InChI=1S/C10H15N3O2S.ClH/c1-3-4-7(11)9(15)13-10-12-5-8(16-10)6(2)14;/h5,7H,3-4,11H2,1-2H3,(H,12,13,15);1H. The highest BCUT2D eigenvalue weighted by atomic mass is 35.5. The van der Waals surface area contributed by atoms with E-state index in [1.165, 1.54) is 13.1 Å². The molecule has 0 aromatic carbocycles. The zero-order chi connectivity index (χ0) is 12.1. The van der Waals surface area contributed by atoms with Gasteiger partial charge in [-0.1, -0.05) is 24.7 Å². The molecule has 1 amide bonds. The van der Waals surface area contributed by atoms with E-state index < -0.39 is 6.04 Å². The minimum absolute atomic E-state index is 0. The van der Waals surface area contributed by atoms with Crippen LogP contribution in [-0.4, -0.2) is 22.7 Å². The number of anilines is 1. The second-order valence-electron chi connectivity index (χ2n) is 3.47. The highest BCUT2D eigenvalue weighted by Gasteiger charge is 2.14. The number of carbonyl (C=O) groups is 2. The molecule has 1 aromatic rings. The van der Waals surface area contributed by atoms with Crippen molar-refractivity contribution in [3.63, 3.8) is 0 Å². The monoisotopic (exact) mass is 277 g/mol. The minimum atomic E-state index is -0.519. The van der Waals surface area contributed by atoms with E-state index >= 15 is 0 Å². The number of amides is 1. The van der Waals surface area contributed by atoms with E-state index in [4.69, 9.17) is 5.73 Å². The molecule has 0 spiro atoms. The fraction of sp³-hybridized carbons (Fsp3) is 0.500. The lowest BCUT2D eigenvalue weighted by Gasteiger charge is -2.08. The second-order valence-corrected chi connectivity index (χ2v) is 4.50. The highest BCUT2D eigenvalue weighted by molar-refractivity contribution is 7.17. The van der Waals surface area contributed by atoms with E-state index in [0.717, 1.165) is 17.8 Å². The maximum absolute atomic E-state index is 11.5. The summed E-state index contributed by atoms with van der Waals surface area (Å²) in [6.07, 6.45) is 2.94. The summed E-state index contributed by atoms with van der Waals surface area (Å²) in [5.41, 5.74) is 5.64. The Morgan fingerprint density at radius 3 is 2.71 bits per heavy atom. The van der Waals surface area contributed by atoms with E-state index in [2.05, 4.69) is 10.3 Å². The smallest absolute Gasteiger partial charge is 0.243 e. The summed E-state index contributed by atoms with van der Waals surface area (Å²) in [5, 5.41) is 3.01. The number of rotatable bonds is 5. The van der Waals surface area contributed by atoms with Crippen LogP contribution >= 0.6 is 23.7 Å². The first-order valence-electron chi connectivity index (χ1n) is 5.07. The molecule has 1 heterocycles. The van der Waals surface area contributed by atoms with Crippen molar-refractivity contribution in [2.75, 3.05) is 5.32 Å². The van der Waals surface area contributed by atoms with Gasteiger partial charge in [0, 0.05) is 6.92 Å². The molecule has 0 fully saturated rings. The zero-order valence-corrected chi connectivity index (χ0v) is 11.4. The average molecular weight is 278 g/mol. The summed E-state index contributed by atoms with van der Waals surface area (Å²) in [6.45, 7) is 3.42. The number of halogens is 1. The van der Waals surface area contributed by atoms with Gasteiger partial charge in [0.25, 0.3) is 0 Å². The van der Waals surface area contributed by atoms with Gasteiger partial charge in [-0.2, -0.15) is 0 Å². The van der Waals surface area contributed by atoms with Crippen LogP contribution in [0.15, 0.2) is 6.20 Å². The topological polar surface area (TPSA) is 85.1 Å². The Kier molecular flexibility index (Phi) is 6.94. The van der Waals surface area contributed by atoms with Gasteiger partial charge in [0.2, 0.25) is 5.91 Å². The minimum Gasteiger partial charge on any atom is -0.320 e. The molecule has 3 N–H and O–H groups in total. The van der Waals surface area contributed by atoms with Crippen molar-refractivity contribution in [1.82, 2.24) is 4.98 Å². The third-order valence-electron chi connectivity index (χ3n) is 2.02. The SMILES string of the molecule is CCCC(N)C(=O)Nc1ncc(C(C)=O)s1.Cl. The van der Waals surface area contributed by atoms with E-state index in [9.17, 15) is 9.59 Å². The molecule has 7 heteroatoms. The van der Waals surface area contributed by atoms with Crippen LogP contribution in [0.3, 0.4) is 0 Å². The Morgan fingerprint density at radius 1 is 1.59 bits per heavy atom. The number of nitrogens with one attached hydrogen (secondary N) is 1. The fourth-order valence-corrected chi connectivity index (χ4v) is 1.85. The van der Waals surface area contributed by atoms with Gasteiger partial charge in [-0.15, -0.1) is 12.4 Å². The Labute approximate surface area is 110 Å². The number of thiazole rings is 1. The van der Waals surface area contributed by atoms with E-state index in [1.807, 2.05) is 6.92 Å². The van der Waals surface area contributed by atoms with Crippen molar-refractivity contribution < 1.29 is 9.59 Å². The summed E-state index contributed by atoms with van der Waals surface area (Å²) in [6, 6.07) is -0.519. The molecule has 1 unspecified atom stereocenters. The highest BCUT2D eigenvalue weighted by Crippen LogP contribution is 2.18. The number of hydrogen-bond donors (Lipinski definition) is 2. The quantitative estimate of drug-likeness (QED) is 0.804. The number of carbonyl (C=O) groups excluding carboxylic acids is 2. The summed E-state index contributed by atoms with van der Waals surface area (Å²) in [4.78, 5) is 27.0.